The van der Waals surface area contributed by atoms with Crippen LogP contribution in [-0.2, 0) is 0 Å². The average molecular weight is 270 g/mol. The van der Waals surface area contributed by atoms with Crippen LogP contribution in [0.3, 0.4) is 0 Å². The Kier molecular flexibility index (Phi) is 5.03. The van der Waals surface area contributed by atoms with Crippen LogP contribution in [0.25, 0.3) is 0 Å². The fourth-order valence-electron chi connectivity index (χ4n) is 2.10. The molecule has 0 fully saturated rings. The van der Waals surface area contributed by atoms with Gasteiger partial charge in [0.05, 0.1) is 5.56 Å². The van der Waals surface area contributed by atoms with E-state index in [0.717, 1.165) is 19.3 Å². The molecular formula is C14H20ClNO2. The number of halogens is 1. The Hall–Kier alpha value is -1.22. The monoisotopic (exact) mass is 269 g/mol. The molecule has 1 rings (SSSR count). The van der Waals surface area contributed by atoms with Gasteiger partial charge in [0.25, 0.3) is 0 Å². The zero-order valence-electron chi connectivity index (χ0n) is 11.1. The lowest BCUT2D eigenvalue weighted by Gasteiger charge is -2.33. The van der Waals surface area contributed by atoms with Crippen molar-refractivity contribution < 1.29 is 9.90 Å². The van der Waals surface area contributed by atoms with Crippen LogP contribution in [0.15, 0.2) is 18.2 Å². The van der Waals surface area contributed by atoms with Crippen molar-refractivity contribution in [3.8, 4) is 0 Å². The third kappa shape index (κ3) is 3.16. The molecule has 0 unspecified atom stereocenters. The van der Waals surface area contributed by atoms with Crippen LogP contribution >= 0.6 is 11.6 Å². The number of carboxylic acids is 1. The molecule has 3 nitrogen and oxygen atoms in total. The molecule has 0 saturated carbocycles. The Morgan fingerprint density at radius 2 is 1.83 bits per heavy atom. The summed E-state index contributed by atoms with van der Waals surface area (Å²) in [6.45, 7) is 6.32. The van der Waals surface area contributed by atoms with Crippen LogP contribution in [0.5, 0.6) is 0 Å². The second-order valence-corrected chi connectivity index (χ2v) is 4.90. The number of benzene rings is 1. The first kappa shape index (κ1) is 14.8. The zero-order valence-corrected chi connectivity index (χ0v) is 11.8. The van der Waals surface area contributed by atoms with E-state index in [4.69, 9.17) is 11.6 Å². The van der Waals surface area contributed by atoms with Gasteiger partial charge in [-0.3, -0.25) is 0 Å². The fourth-order valence-corrected chi connectivity index (χ4v) is 2.28. The Bertz CT molecular complexity index is 420. The molecule has 0 heterocycles. The van der Waals surface area contributed by atoms with Gasteiger partial charge in [0.15, 0.2) is 0 Å². The molecule has 0 aliphatic heterocycles. The highest BCUT2D eigenvalue weighted by atomic mass is 35.5. The normalized spacial score (nSPS) is 11.3. The maximum Gasteiger partial charge on any atom is 0.337 e. The van der Waals surface area contributed by atoms with Crippen molar-refractivity contribution in [3.63, 3.8) is 0 Å². The van der Waals surface area contributed by atoms with E-state index in [-0.39, 0.29) is 11.1 Å². The first-order valence-electron chi connectivity index (χ1n) is 6.29. The summed E-state index contributed by atoms with van der Waals surface area (Å²) in [7, 11) is 0. The summed E-state index contributed by atoms with van der Waals surface area (Å²) in [5.74, 6) is -0.961. The summed E-state index contributed by atoms with van der Waals surface area (Å²) < 4.78 is 0. The molecule has 0 bridgehead atoms. The average Bonchev–Trinajstić information content (AvgIpc) is 2.37. The van der Waals surface area contributed by atoms with Gasteiger partial charge in [0.1, 0.15) is 0 Å². The van der Waals surface area contributed by atoms with Crippen LogP contribution in [-0.4, -0.2) is 16.6 Å². The van der Waals surface area contributed by atoms with Gasteiger partial charge in [-0.15, -0.1) is 0 Å². The molecule has 0 saturated heterocycles. The predicted octanol–water partition coefficient (Wildman–Crippen LogP) is 4.42. The third-order valence-corrected chi connectivity index (χ3v) is 3.88. The van der Waals surface area contributed by atoms with Crippen LogP contribution < -0.4 is 5.32 Å². The Morgan fingerprint density at radius 3 is 2.28 bits per heavy atom. The highest BCUT2D eigenvalue weighted by molar-refractivity contribution is 6.31. The van der Waals surface area contributed by atoms with Gasteiger partial charge in [-0.25, -0.2) is 4.79 Å². The van der Waals surface area contributed by atoms with Gasteiger partial charge in [0, 0.05) is 16.2 Å². The molecule has 100 valence electrons. The topological polar surface area (TPSA) is 49.3 Å². The summed E-state index contributed by atoms with van der Waals surface area (Å²) >= 11 is 5.84. The molecule has 0 atom stereocenters. The predicted molar refractivity (Wildman–Crippen MR) is 75.6 cm³/mol. The smallest absolute Gasteiger partial charge is 0.337 e. The summed E-state index contributed by atoms with van der Waals surface area (Å²) in [6, 6.07) is 4.93. The second-order valence-electron chi connectivity index (χ2n) is 4.46. The van der Waals surface area contributed by atoms with Gasteiger partial charge in [-0.2, -0.15) is 0 Å². The number of carboxylic acid groups (broad SMARTS) is 1. The number of nitrogens with one attached hydrogen (secondary N) is 1. The van der Waals surface area contributed by atoms with E-state index in [0.29, 0.717) is 10.7 Å². The molecule has 2 N–H and O–H groups in total. The van der Waals surface area contributed by atoms with Crippen LogP contribution in [0, 0.1) is 0 Å². The SMILES string of the molecule is CCC(CC)(CC)Nc1ccc(Cl)cc1C(=O)O. The van der Waals surface area contributed by atoms with Crippen molar-refractivity contribution in [1.82, 2.24) is 0 Å². The van der Waals surface area contributed by atoms with Crippen molar-refractivity contribution in [3.05, 3.63) is 28.8 Å². The number of hydrogen-bond acceptors (Lipinski definition) is 2. The van der Waals surface area contributed by atoms with Crippen molar-refractivity contribution in [2.75, 3.05) is 5.32 Å². The van der Waals surface area contributed by atoms with E-state index in [1.54, 1.807) is 12.1 Å². The third-order valence-electron chi connectivity index (χ3n) is 3.64. The van der Waals surface area contributed by atoms with Gasteiger partial charge in [0.2, 0.25) is 0 Å². The number of aromatic carboxylic acids is 1. The molecule has 1 aromatic carbocycles. The summed E-state index contributed by atoms with van der Waals surface area (Å²) in [4.78, 5) is 11.2. The Morgan fingerprint density at radius 1 is 1.28 bits per heavy atom. The van der Waals surface area contributed by atoms with Crippen LogP contribution in [0.4, 0.5) is 5.69 Å². The minimum atomic E-state index is -0.961. The van der Waals surface area contributed by atoms with E-state index < -0.39 is 5.97 Å². The zero-order chi connectivity index (χ0) is 13.8. The summed E-state index contributed by atoms with van der Waals surface area (Å²) in [5, 5.41) is 13.0. The summed E-state index contributed by atoms with van der Waals surface area (Å²) in [6.07, 6.45) is 2.84. The molecule has 1 aromatic rings. The lowest BCUT2D eigenvalue weighted by Crippen LogP contribution is -2.36. The van der Waals surface area contributed by atoms with Gasteiger partial charge in [-0.05, 0) is 37.5 Å². The number of anilines is 1. The van der Waals surface area contributed by atoms with Crippen molar-refractivity contribution in [2.24, 2.45) is 0 Å². The van der Waals surface area contributed by atoms with Gasteiger partial charge >= 0.3 is 5.97 Å². The molecule has 0 aromatic heterocycles. The first-order valence-corrected chi connectivity index (χ1v) is 6.66. The van der Waals surface area contributed by atoms with E-state index in [9.17, 15) is 9.90 Å². The van der Waals surface area contributed by atoms with Crippen LogP contribution in [0.1, 0.15) is 50.4 Å². The molecular weight excluding hydrogens is 250 g/mol. The van der Waals surface area contributed by atoms with E-state index in [2.05, 4.69) is 26.1 Å². The largest absolute Gasteiger partial charge is 0.478 e. The summed E-state index contributed by atoms with van der Waals surface area (Å²) in [5.41, 5.74) is 0.803. The minimum Gasteiger partial charge on any atom is -0.478 e. The van der Waals surface area contributed by atoms with E-state index >= 15 is 0 Å². The highest BCUT2D eigenvalue weighted by Crippen LogP contribution is 2.29. The molecule has 0 spiro atoms. The first-order chi connectivity index (χ1) is 8.48. The van der Waals surface area contributed by atoms with E-state index in [1.807, 2.05) is 0 Å². The van der Waals surface area contributed by atoms with Gasteiger partial charge < -0.3 is 10.4 Å². The number of carbonyl (C=O) groups is 1. The fraction of sp³-hybridized carbons (Fsp3) is 0.500. The molecule has 0 aliphatic carbocycles. The maximum atomic E-state index is 11.2. The number of rotatable bonds is 6. The minimum absolute atomic E-state index is 0.0575. The lowest BCUT2D eigenvalue weighted by atomic mass is 9.89. The molecule has 0 radical (unpaired) electrons. The number of hydrogen-bond donors (Lipinski definition) is 2. The lowest BCUT2D eigenvalue weighted by molar-refractivity contribution is 0.0698. The Labute approximate surface area is 113 Å². The Balaban J connectivity index is 3.13. The molecule has 0 amide bonds. The quantitative estimate of drug-likeness (QED) is 0.804. The van der Waals surface area contributed by atoms with Crippen LogP contribution in [0.2, 0.25) is 5.02 Å². The van der Waals surface area contributed by atoms with Crippen molar-refractivity contribution >= 4 is 23.3 Å². The van der Waals surface area contributed by atoms with Crippen molar-refractivity contribution in [2.45, 2.75) is 45.6 Å². The molecule has 0 aliphatic rings. The highest BCUT2D eigenvalue weighted by Gasteiger charge is 2.25. The van der Waals surface area contributed by atoms with Crippen molar-refractivity contribution in [1.29, 1.82) is 0 Å². The van der Waals surface area contributed by atoms with Gasteiger partial charge in [-0.1, -0.05) is 32.4 Å². The molecule has 18 heavy (non-hydrogen) atoms. The second kappa shape index (κ2) is 6.10. The standard InChI is InChI=1S/C14H20ClNO2/c1-4-14(5-2,6-3)16-12-8-7-10(15)9-11(12)13(17)18/h7-9,16H,4-6H2,1-3H3,(H,17,18). The van der Waals surface area contributed by atoms with E-state index in [1.165, 1.54) is 6.07 Å². The molecule has 4 heteroatoms. The maximum absolute atomic E-state index is 11.2.